The lowest BCUT2D eigenvalue weighted by Crippen LogP contribution is -2.34. The number of aliphatic hydroxyl groups is 1. The van der Waals surface area contributed by atoms with Crippen LogP contribution < -0.4 is 5.32 Å². The van der Waals surface area contributed by atoms with E-state index in [0.717, 1.165) is 35.6 Å². The van der Waals surface area contributed by atoms with E-state index < -0.39 is 6.10 Å². The summed E-state index contributed by atoms with van der Waals surface area (Å²) in [6.45, 7) is 0.257. The molecule has 1 aliphatic rings. The maximum atomic E-state index is 12.1. The zero-order valence-electron chi connectivity index (χ0n) is 12.5. The van der Waals surface area contributed by atoms with Gasteiger partial charge in [-0.1, -0.05) is 54.6 Å². The van der Waals surface area contributed by atoms with E-state index in [1.807, 2.05) is 42.5 Å². The van der Waals surface area contributed by atoms with Gasteiger partial charge in [0, 0.05) is 12.5 Å². The van der Waals surface area contributed by atoms with E-state index >= 15 is 0 Å². The fraction of sp³-hybridized carbons (Fsp3) is 0.316. The third-order valence-electron chi connectivity index (χ3n) is 4.29. The van der Waals surface area contributed by atoms with E-state index in [0.29, 0.717) is 0 Å². The Hall–Kier alpha value is -2.13. The Morgan fingerprint density at radius 3 is 2.82 bits per heavy atom. The Morgan fingerprint density at radius 2 is 2.00 bits per heavy atom. The highest BCUT2D eigenvalue weighted by Gasteiger charge is 2.20. The number of aliphatic hydroxyl groups excluding tert-OH is 1. The molecule has 0 bridgehead atoms. The van der Waals surface area contributed by atoms with Crippen LogP contribution in [0.2, 0.25) is 0 Å². The van der Waals surface area contributed by atoms with E-state index in [1.54, 1.807) is 0 Å². The molecule has 0 aliphatic heterocycles. The molecule has 2 aromatic carbocycles. The van der Waals surface area contributed by atoms with E-state index in [9.17, 15) is 9.90 Å². The van der Waals surface area contributed by atoms with E-state index in [4.69, 9.17) is 0 Å². The van der Waals surface area contributed by atoms with Crippen LogP contribution in [0.4, 0.5) is 0 Å². The summed E-state index contributed by atoms with van der Waals surface area (Å²) < 4.78 is 0. The highest BCUT2D eigenvalue weighted by Crippen LogP contribution is 2.24. The number of fused-ring (bicyclic) bond motifs is 1. The zero-order chi connectivity index (χ0) is 15.4. The molecule has 0 fully saturated rings. The molecule has 0 saturated carbocycles. The maximum Gasteiger partial charge on any atom is 0.223 e. The number of hydrogen-bond donors (Lipinski definition) is 2. The Balaban J connectivity index is 1.67. The first-order valence-corrected chi connectivity index (χ1v) is 7.84. The van der Waals surface area contributed by atoms with Crippen LogP contribution in [0.5, 0.6) is 0 Å². The fourth-order valence-corrected chi connectivity index (χ4v) is 3.02. The summed E-state index contributed by atoms with van der Waals surface area (Å²) in [5.74, 6) is 0.0911. The van der Waals surface area contributed by atoms with Crippen molar-refractivity contribution in [1.82, 2.24) is 5.32 Å². The Morgan fingerprint density at radius 1 is 1.18 bits per heavy atom. The maximum absolute atomic E-state index is 12.1. The van der Waals surface area contributed by atoms with Gasteiger partial charge in [0.25, 0.3) is 0 Å². The lowest BCUT2D eigenvalue weighted by molar-refractivity contribution is -0.125. The molecule has 0 radical (unpaired) electrons. The number of allylic oxidation sites excluding steroid dienone is 2. The summed E-state index contributed by atoms with van der Waals surface area (Å²) in [7, 11) is 0. The van der Waals surface area contributed by atoms with Crippen molar-refractivity contribution >= 4 is 16.7 Å². The van der Waals surface area contributed by atoms with Crippen molar-refractivity contribution in [3.05, 3.63) is 60.2 Å². The summed E-state index contributed by atoms with van der Waals surface area (Å²) in [6.07, 6.45) is 6.16. The lowest BCUT2D eigenvalue weighted by atomic mass is 9.93. The van der Waals surface area contributed by atoms with Crippen LogP contribution in [0, 0.1) is 5.92 Å². The van der Waals surface area contributed by atoms with Gasteiger partial charge in [0.05, 0.1) is 6.10 Å². The van der Waals surface area contributed by atoms with E-state index in [1.165, 1.54) is 0 Å². The molecule has 2 aromatic rings. The second-order valence-electron chi connectivity index (χ2n) is 5.81. The van der Waals surface area contributed by atoms with Gasteiger partial charge in [-0.05, 0) is 35.6 Å². The molecule has 3 rings (SSSR count). The van der Waals surface area contributed by atoms with Crippen LogP contribution in [0.3, 0.4) is 0 Å². The van der Waals surface area contributed by atoms with Gasteiger partial charge >= 0.3 is 0 Å². The van der Waals surface area contributed by atoms with Crippen molar-refractivity contribution in [3.8, 4) is 0 Å². The standard InChI is InChI=1S/C19H21NO2/c21-18(13-20-19(22)15-8-2-1-3-9-15)17-12-6-10-14-7-4-5-11-16(14)17/h1-2,4-7,10-12,15,18,21H,3,8-9,13H2,(H,20,22)/t15-,18+/m1/s1. The van der Waals surface area contributed by atoms with E-state index in [2.05, 4.69) is 17.5 Å². The average Bonchev–Trinajstić information content (AvgIpc) is 2.59. The molecule has 2 atom stereocenters. The van der Waals surface area contributed by atoms with Crippen LogP contribution in [0.25, 0.3) is 10.8 Å². The molecular weight excluding hydrogens is 274 g/mol. The van der Waals surface area contributed by atoms with Gasteiger partial charge in [-0.15, -0.1) is 0 Å². The van der Waals surface area contributed by atoms with Crippen molar-refractivity contribution in [3.63, 3.8) is 0 Å². The van der Waals surface area contributed by atoms with Gasteiger partial charge in [-0.25, -0.2) is 0 Å². The molecule has 3 nitrogen and oxygen atoms in total. The molecule has 0 spiro atoms. The first-order valence-electron chi connectivity index (χ1n) is 7.84. The summed E-state index contributed by atoms with van der Waals surface area (Å²) in [6, 6.07) is 13.9. The third kappa shape index (κ3) is 3.20. The number of nitrogens with one attached hydrogen (secondary N) is 1. The minimum absolute atomic E-state index is 0.0450. The molecule has 0 saturated heterocycles. The molecule has 0 unspecified atom stereocenters. The Bertz CT molecular complexity index is 687. The van der Waals surface area contributed by atoms with Crippen molar-refractivity contribution in [2.24, 2.45) is 5.92 Å². The SMILES string of the molecule is O=C(NC[C@H](O)c1cccc2ccccc12)[C@@H]1CC=CCC1. The molecular formula is C19H21NO2. The molecule has 114 valence electrons. The largest absolute Gasteiger partial charge is 0.387 e. The summed E-state index contributed by atoms with van der Waals surface area (Å²) in [4.78, 5) is 12.1. The van der Waals surface area contributed by atoms with E-state index in [-0.39, 0.29) is 18.4 Å². The van der Waals surface area contributed by atoms with Gasteiger partial charge in [0.15, 0.2) is 0 Å². The Kier molecular flexibility index (Phi) is 4.54. The predicted octanol–water partition coefficient (Wildman–Crippen LogP) is 3.35. The summed E-state index contributed by atoms with van der Waals surface area (Å²) in [5.41, 5.74) is 0.863. The van der Waals surface area contributed by atoms with Gasteiger partial charge < -0.3 is 10.4 Å². The predicted molar refractivity (Wildman–Crippen MR) is 88.4 cm³/mol. The fourth-order valence-electron chi connectivity index (χ4n) is 3.02. The second-order valence-corrected chi connectivity index (χ2v) is 5.81. The average molecular weight is 295 g/mol. The lowest BCUT2D eigenvalue weighted by Gasteiger charge is -2.19. The van der Waals surface area contributed by atoms with Crippen LogP contribution >= 0.6 is 0 Å². The van der Waals surface area contributed by atoms with Gasteiger partial charge in [-0.3, -0.25) is 4.79 Å². The highest BCUT2D eigenvalue weighted by atomic mass is 16.3. The van der Waals surface area contributed by atoms with Crippen LogP contribution in [0.15, 0.2) is 54.6 Å². The van der Waals surface area contributed by atoms with Gasteiger partial charge in [0.1, 0.15) is 0 Å². The molecule has 0 heterocycles. The molecule has 22 heavy (non-hydrogen) atoms. The molecule has 1 aliphatic carbocycles. The summed E-state index contributed by atoms with van der Waals surface area (Å²) >= 11 is 0. The highest BCUT2D eigenvalue weighted by molar-refractivity contribution is 5.86. The topological polar surface area (TPSA) is 49.3 Å². The van der Waals surface area contributed by atoms with Crippen molar-refractivity contribution in [1.29, 1.82) is 0 Å². The minimum atomic E-state index is -0.686. The number of hydrogen-bond acceptors (Lipinski definition) is 2. The normalized spacial score (nSPS) is 19.0. The number of amides is 1. The first-order chi connectivity index (χ1) is 10.8. The minimum Gasteiger partial charge on any atom is -0.387 e. The molecule has 3 heteroatoms. The van der Waals surface area contributed by atoms with Gasteiger partial charge in [-0.2, -0.15) is 0 Å². The zero-order valence-corrected chi connectivity index (χ0v) is 12.5. The second kappa shape index (κ2) is 6.75. The summed E-state index contributed by atoms with van der Waals surface area (Å²) in [5, 5.41) is 15.5. The molecule has 0 aromatic heterocycles. The Labute approximate surface area is 130 Å². The number of carbonyl (C=O) groups excluding carboxylic acids is 1. The smallest absolute Gasteiger partial charge is 0.223 e. The van der Waals surface area contributed by atoms with Crippen LogP contribution in [-0.4, -0.2) is 17.6 Å². The van der Waals surface area contributed by atoms with Crippen molar-refractivity contribution in [2.45, 2.75) is 25.4 Å². The van der Waals surface area contributed by atoms with Crippen molar-refractivity contribution in [2.75, 3.05) is 6.54 Å². The van der Waals surface area contributed by atoms with Crippen LogP contribution in [-0.2, 0) is 4.79 Å². The number of benzene rings is 2. The van der Waals surface area contributed by atoms with Crippen molar-refractivity contribution < 1.29 is 9.90 Å². The van der Waals surface area contributed by atoms with Gasteiger partial charge in [0.2, 0.25) is 5.91 Å². The third-order valence-corrected chi connectivity index (χ3v) is 4.29. The number of rotatable bonds is 4. The quantitative estimate of drug-likeness (QED) is 0.850. The molecule has 1 amide bonds. The molecule has 2 N–H and O–H groups in total. The monoisotopic (exact) mass is 295 g/mol. The number of carbonyl (C=O) groups is 1. The first kappa shape index (κ1) is 14.8. The van der Waals surface area contributed by atoms with Crippen LogP contribution in [0.1, 0.15) is 30.9 Å².